The predicted molar refractivity (Wildman–Crippen MR) is 90.3 cm³/mol. The molecule has 1 amide bonds. The van der Waals surface area contributed by atoms with E-state index in [1.807, 2.05) is 18.2 Å². The molecule has 0 aliphatic carbocycles. The number of para-hydroxylation sites is 1. The highest BCUT2D eigenvalue weighted by atomic mass is 35.7. The Morgan fingerprint density at radius 3 is 2.41 bits per heavy atom. The van der Waals surface area contributed by atoms with Gasteiger partial charge in [0.05, 0.1) is 10.8 Å². The monoisotopic (exact) mass is 375 g/mol. The molecule has 2 aromatic rings. The van der Waals surface area contributed by atoms with Crippen LogP contribution in [-0.4, -0.2) is 20.1 Å². The van der Waals surface area contributed by atoms with E-state index in [2.05, 4.69) is 5.32 Å². The molecule has 0 unspecified atom stereocenters. The molecule has 0 atom stereocenters. The SMILES string of the molecule is O=C(CSc1ccc(S(=O)(=O)Cl)c(Cl)c1)Nc1ccccc1. The summed E-state index contributed by atoms with van der Waals surface area (Å²) in [6.07, 6.45) is 0. The Hall–Kier alpha value is -1.21. The van der Waals surface area contributed by atoms with Crippen molar-refractivity contribution in [2.45, 2.75) is 9.79 Å². The van der Waals surface area contributed by atoms with Crippen molar-refractivity contribution in [3.8, 4) is 0 Å². The average Bonchev–Trinajstić information content (AvgIpc) is 2.45. The average molecular weight is 376 g/mol. The number of rotatable bonds is 5. The minimum absolute atomic E-state index is 0.0310. The first-order valence-corrected chi connectivity index (χ1v) is 9.75. The van der Waals surface area contributed by atoms with Crippen LogP contribution in [0.3, 0.4) is 0 Å². The number of nitrogens with one attached hydrogen (secondary N) is 1. The van der Waals surface area contributed by atoms with E-state index in [0.29, 0.717) is 4.90 Å². The summed E-state index contributed by atoms with van der Waals surface area (Å²) in [7, 11) is 1.38. The second-order valence-electron chi connectivity index (χ2n) is 4.23. The van der Waals surface area contributed by atoms with Crippen LogP contribution in [-0.2, 0) is 13.8 Å². The molecule has 116 valence electrons. The first kappa shape index (κ1) is 17.1. The molecule has 0 saturated heterocycles. The summed E-state index contributed by atoms with van der Waals surface area (Å²) in [5, 5.41) is 2.78. The molecule has 0 fully saturated rings. The molecule has 0 saturated carbocycles. The van der Waals surface area contributed by atoms with Crippen molar-refractivity contribution in [1.82, 2.24) is 0 Å². The lowest BCUT2D eigenvalue weighted by molar-refractivity contribution is -0.113. The van der Waals surface area contributed by atoms with Crippen LogP contribution in [0.2, 0.25) is 5.02 Å². The van der Waals surface area contributed by atoms with Crippen molar-refractivity contribution in [2.75, 3.05) is 11.1 Å². The summed E-state index contributed by atoms with van der Waals surface area (Å²) in [5.41, 5.74) is 0.717. The largest absolute Gasteiger partial charge is 0.325 e. The quantitative estimate of drug-likeness (QED) is 0.633. The van der Waals surface area contributed by atoms with E-state index in [0.717, 1.165) is 5.69 Å². The van der Waals surface area contributed by atoms with Crippen molar-refractivity contribution in [2.24, 2.45) is 0 Å². The molecular weight excluding hydrogens is 365 g/mol. The highest BCUT2D eigenvalue weighted by Crippen LogP contribution is 2.29. The van der Waals surface area contributed by atoms with Gasteiger partial charge in [-0.15, -0.1) is 11.8 Å². The van der Waals surface area contributed by atoms with Crippen LogP contribution in [0, 0.1) is 0 Å². The maximum Gasteiger partial charge on any atom is 0.262 e. The molecule has 4 nitrogen and oxygen atoms in total. The van der Waals surface area contributed by atoms with E-state index in [1.54, 1.807) is 18.2 Å². The van der Waals surface area contributed by atoms with E-state index >= 15 is 0 Å². The molecule has 2 aromatic carbocycles. The lowest BCUT2D eigenvalue weighted by Gasteiger charge is -2.06. The van der Waals surface area contributed by atoms with Gasteiger partial charge in [-0.25, -0.2) is 8.42 Å². The Labute approximate surface area is 142 Å². The normalized spacial score (nSPS) is 11.2. The maximum absolute atomic E-state index is 11.8. The summed E-state index contributed by atoms with van der Waals surface area (Å²) in [6.45, 7) is 0. The van der Waals surface area contributed by atoms with Crippen LogP contribution in [0.15, 0.2) is 58.3 Å². The van der Waals surface area contributed by atoms with E-state index in [9.17, 15) is 13.2 Å². The number of hydrogen-bond acceptors (Lipinski definition) is 4. The van der Waals surface area contributed by atoms with Crippen molar-refractivity contribution in [3.63, 3.8) is 0 Å². The number of carbonyl (C=O) groups is 1. The first-order chi connectivity index (χ1) is 10.4. The number of anilines is 1. The summed E-state index contributed by atoms with van der Waals surface area (Å²) in [6, 6.07) is 13.4. The van der Waals surface area contributed by atoms with Gasteiger partial charge in [0.2, 0.25) is 5.91 Å². The van der Waals surface area contributed by atoms with Crippen molar-refractivity contribution < 1.29 is 13.2 Å². The molecule has 22 heavy (non-hydrogen) atoms. The molecule has 0 radical (unpaired) electrons. The van der Waals surface area contributed by atoms with E-state index in [1.165, 1.54) is 23.9 Å². The number of carbonyl (C=O) groups excluding carboxylic acids is 1. The highest BCUT2D eigenvalue weighted by Gasteiger charge is 2.15. The van der Waals surface area contributed by atoms with Gasteiger partial charge in [0.25, 0.3) is 9.05 Å². The molecule has 0 heterocycles. The fourth-order valence-electron chi connectivity index (χ4n) is 1.64. The number of amides is 1. The second kappa shape index (κ2) is 7.37. The van der Waals surface area contributed by atoms with Gasteiger partial charge in [-0.2, -0.15) is 0 Å². The van der Waals surface area contributed by atoms with Crippen LogP contribution >= 0.6 is 34.0 Å². The van der Waals surface area contributed by atoms with Crippen LogP contribution in [0.5, 0.6) is 0 Å². The van der Waals surface area contributed by atoms with Crippen molar-refractivity contribution in [1.29, 1.82) is 0 Å². The third kappa shape index (κ3) is 4.91. The second-order valence-corrected chi connectivity index (χ2v) is 8.22. The third-order valence-corrected chi connectivity index (χ3v) is 5.39. The van der Waals surface area contributed by atoms with E-state index in [-0.39, 0.29) is 21.6 Å². The number of benzene rings is 2. The molecule has 0 aromatic heterocycles. The zero-order valence-electron chi connectivity index (χ0n) is 11.1. The molecule has 2 rings (SSSR count). The minimum atomic E-state index is -3.87. The molecule has 0 bridgehead atoms. The fourth-order valence-corrected chi connectivity index (χ4v) is 3.97. The molecule has 0 spiro atoms. The molecule has 0 aliphatic heterocycles. The Bertz CT molecular complexity index is 780. The van der Waals surface area contributed by atoms with Crippen LogP contribution in [0.25, 0.3) is 0 Å². The van der Waals surface area contributed by atoms with Crippen LogP contribution in [0.4, 0.5) is 5.69 Å². The summed E-state index contributed by atoms with van der Waals surface area (Å²) in [5.74, 6) is 0.0134. The summed E-state index contributed by atoms with van der Waals surface area (Å²) < 4.78 is 22.5. The Kier molecular flexibility index (Phi) is 5.74. The lowest BCUT2D eigenvalue weighted by Crippen LogP contribution is -2.13. The smallest absolute Gasteiger partial charge is 0.262 e. The Balaban J connectivity index is 1.97. The fraction of sp³-hybridized carbons (Fsp3) is 0.0714. The minimum Gasteiger partial charge on any atom is -0.325 e. The summed E-state index contributed by atoms with van der Waals surface area (Å²) in [4.78, 5) is 12.3. The predicted octanol–water partition coefficient (Wildman–Crippen LogP) is 4.00. The van der Waals surface area contributed by atoms with Crippen molar-refractivity contribution in [3.05, 3.63) is 53.6 Å². The van der Waals surface area contributed by atoms with E-state index < -0.39 is 9.05 Å². The standard InChI is InChI=1S/C14H11Cl2NO3S2/c15-12-8-11(6-7-13(12)22(16,19)20)21-9-14(18)17-10-4-2-1-3-5-10/h1-8H,9H2,(H,17,18). The lowest BCUT2D eigenvalue weighted by atomic mass is 10.3. The van der Waals surface area contributed by atoms with E-state index in [4.69, 9.17) is 22.3 Å². The molecule has 8 heteroatoms. The zero-order chi connectivity index (χ0) is 16.2. The van der Waals surface area contributed by atoms with Gasteiger partial charge in [-0.1, -0.05) is 29.8 Å². The van der Waals surface area contributed by atoms with Crippen LogP contribution < -0.4 is 5.32 Å². The third-order valence-electron chi connectivity index (χ3n) is 2.59. The van der Waals surface area contributed by atoms with Crippen LogP contribution in [0.1, 0.15) is 0 Å². The number of hydrogen-bond donors (Lipinski definition) is 1. The van der Waals surface area contributed by atoms with Gasteiger partial charge < -0.3 is 5.32 Å². The summed E-state index contributed by atoms with van der Waals surface area (Å²) >= 11 is 7.13. The Morgan fingerprint density at radius 1 is 1.14 bits per heavy atom. The molecule has 1 N–H and O–H groups in total. The first-order valence-electron chi connectivity index (χ1n) is 6.08. The van der Waals surface area contributed by atoms with Gasteiger partial charge >= 0.3 is 0 Å². The van der Waals surface area contributed by atoms with Gasteiger partial charge in [0, 0.05) is 21.3 Å². The van der Waals surface area contributed by atoms with Gasteiger partial charge in [-0.05, 0) is 30.3 Å². The molecular formula is C14H11Cl2NO3S2. The zero-order valence-corrected chi connectivity index (χ0v) is 14.3. The van der Waals surface area contributed by atoms with Crippen molar-refractivity contribution >= 4 is 54.7 Å². The topological polar surface area (TPSA) is 63.2 Å². The number of thioether (sulfide) groups is 1. The molecule has 0 aliphatic rings. The van der Waals surface area contributed by atoms with Gasteiger partial charge in [0.1, 0.15) is 4.90 Å². The van der Waals surface area contributed by atoms with Gasteiger partial charge in [-0.3, -0.25) is 4.79 Å². The Morgan fingerprint density at radius 2 is 1.82 bits per heavy atom. The number of halogens is 2. The van der Waals surface area contributed by atoms with Gasteiger partial charge in [0.15, 0.2) is 0 Å². The highest BCUT2D eigenvalue weighted by molar-refractivity contribution is 8.13. The maximum atomic E-state index is 11.8.